The molecule has 0 radical (unpaired) electrons. The van der Waals surface area contributed by atoms with E-state index in [-0.39, 0.29) is 12.1 Å². The largest absolute Gasteiger partial charge is 0.480 e. The van der Waals surface area contributed by atoms with Crippen LogP contribution in [0.4, 0.5) is 13.2 Å². The van der Waals surface area contributed by atoms with Crippen molar-refractivity contribution in [3.05, 3.63) is 47.3 Å². The molecule has 6 nitrogen and oxygen atoms in total. The first-order valence-corrected chi connectivity index (χ1v) is 7.41. The number of carboxylic acids is 1. The van der Waals surface area contributed by atoms with Gasteiger partial charge in [0, 0.05) is 0 Å². The average Bonchev–Trinajstić information content (AvgIpc) is 2.98. The summed E-state index contributed by atoms with van der Waals surface area (Å²) in [5, 5.41) is 14.7. The fourth-order valence-corrected chi connectivity index (χ4v) is 2.24. The van der Waals surface area contributed by atoms with Crippen LogP contribution in [0, 0.1) is 6.92 Å². The Bertz CT molecular complexity index is 782. The number of carboxylic acid groups (broad SMARTS) is 1. The van der Waals surface area contributed by atoms with Crippen LogP contribution in [0.5, 0.6) is 0 Å². The zero-order valence-corrected chi connectivity index (χ0v) is 13.5. The summed E-state index contributed by atoms with van der Waals surface area (Å²) in [6.45, 7) is 3.28. The molecule has 1 atom stereocenters. The maximum absolute atomic E-state index is 13.5. The molecule has 25 heavy (non-hydrogen) atoms. The molecule has 1 heterocycles. The molecule has 9 heteroatoms. The number of carbonyl (C=O) groups is 2. The number of nitrogens with one attached hydrogen (secondary N) is 1. The van der Waals surface area contributed by atoms with Gasteiger partial charge in [-0.25, -0.2) is 9.48 Å². The molecule has 0 bridgehead atoms. The summed E-state index contributed by atoms with van der Waals surface area (Å²) in [5.41, 5.74) is -0.987. The number of hydrogen-bond acceptors (Lipinski definition) is 3. The number of aromatic nitrogens is 2. The van der Waals surface area contributed by atoms with Crippen LogP contribution in [0.15, 0.2) is 30.5 Å². The number of nitrogens with zero attached hydrogens (tertiary/aromatic N) is 2. The van der Waals surface area contributed by atoms with Gasteiger partial charge in [-0.05, 0) is 25.5 Å². The first-order valence-electron chi connectivity index (χ1n) is 7.41. The summed E-state index contributed by atoms with van der Waals surface area (Å²) < 4.78 is 41.1. The van der Waals surface area contributed by atoms with Gasteiger partial charge in [0.05, 0.1) is 17.4 Å². The zero-order valence-electron chi connectivity index (χ0n) is 13.5. The van der Waals surface area contributed by atoms with E-state index in [1.807, 2.05) is 0 Å². The topological polar surface area (TPSA) is 84.2 Å². The number of benzene rings is 1. The van der Waals surface area contributed by atoms with Crippen molar-refractivity contribution in [3.8, 4) is 5.69 Å². The van der Waals surface area contributed by atoms with Crippen molar-refractivity contribution in [1.82, 2.24) is 15.1 Å². The minimum Gasteiger partial charge on any atom is -0.480 e. The lowest BCUT2D eigenvalue weighted by Crippen LogP contribution is -2.40. The molecule has 1 unspecified atom stereocenters. The van der Waals surface area contributed by atoms with Crippen LogP contribution >= 0.6 is 0 Å². The second kappa shape index (κ2) is 6.96. The summed E-state index contributed by atoms with van der Waals surface area (Å²) in [6.07, 6.45) is -4.03. The summed E-state index contributed by atoms with van der Waals surface area (Å²) in [6, 6.07) is 4.86. The molecule has 0 fully saturated rings. The van der Waals surface area contributed by atoms with E-state index in [0.29, 0.717) is 4.68 Å². The Morgan fingerprint density at radius 2 is 1.88 bits per heavy atom. The van der Waals surface area contributed by atoms with Gasteiger partial charge >= 0.3 is 12.1 Å². The van der Waals surface area contributed by atoms with E-state index < -0.39 is 35.4 Å². The van der Waals surface area contributed by atoms with Gasteiger partial charge in [-0.15, -0.1) is 0 Å². The molecule has 1 amide bonds. The van der Waals surface area contributed by atoms with Crippen molar-refractivity contribution in [3.63, 3.8) is 0 Å². The second-order valence-electron chi connectivity index (χ2n) is 5.42. The van der Waals surface area contributed by atoms with Gasteiger partial charge in [0.1, 0.15) is 6.04 Å². The number of carbonyl (C=O) groups excluding carboxylic acids is 1. The van der Waals surface area contributed by atoms with Gasteiger partial charge in [0.15, 0.2) is 5.69 Å². The second-order valence-corrected chi connectivity index (χ2v) is 5.42. The van der Waals surface area contributed by atoms with Crippen molar-refractivity contribution in [2.75, 3.05) is 0 Å². The SMILES string of the molecule is CCC(NC(=O)c1cnn(-c2ccc(C)cc2)c1C(F)(F)F)C(=O)O. The number of aryl methyl sites for hydroxylation is 1. The zero-order chi connectivity index (χ0) is 18.8. The molecule has 2 N–H and O–H groups in total. The molecule has 0 saturated carbocycles. The van der Waals surface area contributed by atoms with Crippen molar-refractivity contribution in [2.45, 2.75) is 32.5 Å². The van der Waals surface area contributed by atoms with Crippen molar-refractivity contribution < 1.29 is 27.9 Å². The molecule has 0 aliphatic heterocycles. The van der Waals surface area contributed by atoms with E-state index in [2.05, 4.69) is 10.4 Å². The molecule has 1 aromatic carbocycles. The normalized spacial score (nSPS) is 12.7. The molecule has 2 rings (SSSR count). The highest BCUT2D eigenvalue weighted by Gasteiger charge is 2.41. The maximum atomic E-state index is 13.5. The van der Waals surface area contributed by atoms with Gasteiger partial charge in [-0.3, -0.25) is 4.79 Å². The Kier molecular flexibility index (Phi) is 5.15. The average molecular weight is 355 g/mol. The Morgan fingerprint density at radius 3 is 2.36 bits per heavy atom. The maximum Gasteiger partial charge on any atom is 0.434 e. The summed E-state index contributed by atoms with van der Waals surface area (Å²) >= 11 is 0. The molecule has 134 valence electrons. The van der Waals surface area contributed by atoms with Gasteiger partial charge in [-0.1, -0.05) is 24.6 Å². The number of rotatable bonds is 5. The quantitative estimate of drug-likeness (QED) is 0.864. The third kappa shape index (κ3) is 3.98. The Balaban J connectivity index is 2.48. The van der Waals surface area contributed by atoms with E-state index in [9.17, 15) is 22.8 Å². The molecule has 0 spiro atoms. The summed E-state index contributed by atoms with van der Waals surface area (Å²) in [7, 11) is 0. The Hall–Kier alpha value is -2.84. The standard InChI is InChI=1S/C16H16F3N3O3/c1-3-12(15(24)25)21-14(23)11-8-20-22(13(11)16(17,18)19)10-6-4-9(2)5-7-10/h4-8,12H,3H2,1-2H3,(H,21,23)(H,24,25). The first kappa shape index (κ1) is 18.5. The smallest absolute Gasteiger partial charge is 0.434 e. The van der Waals surface area contributed by atoms with Crippen LogP contribution in [0.2, 0.25) is 0 Å². The minimum absolute atomic E-state index is 0.0362. The predicted molar refractivity (Wildman–Crippen MR) is 82.5 cm³/mol. The molecule has 0 aliphatic carbocycles. The van der Waals surface area contributed by atoms with E-state index in [4.69, 9.17) is 5.11 Å². The fourth-order valence-electron chi connectivity index (χ4n) is 2.24. The van der Waals surface area contributed by atoms with Crippen LogP contribution in [0.25, 0.3) is 5.69 Å². The fraction of sp³-hybridized carbons (Fsp3) is 0.312. The highest BCUT2D eigenvalue weighted by atomic mass is 19.4. The van der Waals surface area contributed by atoms with Gasteiger partial charge in [-0.2, -0.15) is 18.3 Å². The number of aliphatic carboxylic acids is 1. The van der Waals surface area contributed by atoms with E-state index in [1.54, 1.807) is 19.1 Å². The monoisotopic (exact) mass is 355 g/mol. The lowest BCUT2D eigenvalue weighted by Gasteiger charge is -2.15. The Morgan fingerprint density at radius 1 is 1.28 bits per heavy atom. The number of halogens is 3. The van der Waals surface area contributed by atoms with Crippen LogP contribution in [-0.2, 0) is 11.0 Å². The number of amides is 1. The van der Waals surface area contributed by atoms with Crippen molar-refractivity contribution in [1.29, 1.82) is 0 Å². The third-order valence-electron chi connectivity index (χ3n) is 3.57. The number of hydrogen-bond donors (Lipinski definition) is 2. The van der Waals surface area contributed by atoms with Crippen molar-refractivity contribution >= 4 is 11.9 Å². The minimum atomic E-state index is -4.85. The van der Waals surface area contributed by atoms with Crippen LogP contribution < -0.4 is 5.32 Å². The molecule has 0 aliphatic rings. The lowest BCUT2D eigenvalue weighted by molar-refractivity contribution is -0.143. The highest BCUT2D eigenvalue weighted by molar-refractivity contribution is 5.97. The first-order chi connectivity index (χ1) is 11.6. The molecule has 0 saturated heterocycles. The van der Waals surface area contributed by atoms with Gasteiger partial charge in [0.25, 0.3) is 5.91 Å². The summed E-state index contributed by atoms with van der Waals surface area (Å²) in [5.74, 6) is -2.46. The van der Waals surface area contributed by atoms with Crippen LogP contribution in [0.3, 0.4) is 0 Å². The van der Waals surface area contributed by atoms with E-state index in [1.165, 1.54) is 19.1 Å². The molecular formula is C16H16F3N3O3. The van der Waals surface area contributed by atoms with Crippen molar-refractivity contribution in [2.24, 2.45) is 0 Å². The van der Waals surface area contributed by atoms with E-state index >= 15 is 0 Å². The molecule has 2 aromatic rings. The Labute approximate surface area is 141 Å². The summed E-state index contributed by atoms with van der Waals surface area (Å²) in [4.78, 5) is 23.1. The lowest BCUT2D eigenvalue weighted by atomic mass is 10.1. The molecule has 1 aromatic heterocycles. The predicted octanol–water partition coefficient (Wildman–Crippen LogP) is 2.79. The number of alkyl halides is 3. The van der Waals surface area contributed by atoms with Gasteiger partial charge in [0.2, 0.25) is 0 Å². The van der Waals surface area contributed by atoms with E-state index in [0.717, 1.165) is 11.8 Å². The van der Waals surface area contributed by atoms with Crippen LogP contribution in [0.1, 0.15) is 35.0 Å². The highest BCUT2D eigenvalue weighted by Crippen LogP contribution is 2.33. The third-order valence-corrected chi connectivity index (χ3v) is 3.57. The van der Waals surface area contributed by atoms with Gasteiger partial charge < -0.3 is 10.4 Å². The van der Waals surface area contributed by atoms with Crippen LogP contribution in [-0.4, -0.2) is 32.8 Å². The molecular weight excluding hydrogens is 339 g/mol.